The van der Waals surface area contributed by atoms with Gasteiger partial charge in [0.05, 0.1) is 0 Å². The van der Waals surface area contributed by atoms with Gasteiger partial charge in [0, 0.05) is 44.0 Å². The molecule has 0 heterocycles. The van der Waals surface area contributed by atoms with Gasteiger partial charge in [0.25, 0.3) is 0 Å². The average molecular weight is 347 g/mol. The molecule has 0 aromatic heterocycles. The second kappa shape index (κ2) is 8.39. The van der Waals surface area contributed by atoms with E-state index in [4.69, 9.17) is 19.0 Å². The van der Waals surface area contributed by atoms with Gasteiger partial charge in [-0.05, 0) is 40.0 Å². The van der Waals surface area contributed by atoms with Crippen molar-refractivity contribution in [3.63, 3.8) is 0 Å². The Labute approximate surface area is 142 Å². The fraction of sp³-hybridized carbons (Fsp3) is 0.812. The molecule has 7 heteroatoms. The molecule has 0 radical (unpaired) electrons. The van der Waals surface area contributed by atoms with E-state index in [0.717, 1.165) is 0 Å². The first kappa shape index (κ1) is 22.3. The zero-order valence-corrected chi connectivity index (χ0v) is 16.9. The summed E-state index contributed by atoms with van der Waals surface area (Å²) in [5.41, 5.74) is 6.05. The van der Waals surface area contributed by atoms with Crippen LogP contribution in [0.4, 0.5) is 0 Å². The maximum Gasteiger partial charge on any atom is 0.500 e. The van der Waals surface area contributed by atoms with Gasteiger partial charge in [-0.1, -0.05) is 13.5 Å². The van der Waals surface area contributed by atoms with E-state index in [1.54, 1.807) is 28.3 Å². The van der Waals surface area contributed by atoms with Gasteiger partial charge in [-0.15, -0.1) is 0 Å². The predicted molar refractivity (Wildman–Crippen MR) is 95.0 cm³/mol. The fourth-order valence-corrected chi connectivity index (χ4v) is 4.91. The number of nitrogens with one attached hydrogen (secondary N) is 1. The van der Waals surface area contributed by atoms with Gasteiger partial charge >= 0.3 is 8.80 Å². The Kier molecular flexibility index (Phi) is 8.12. The zero-order valence-electron chi connectivity index (χ0n) is 15.9. The molecular formula is C16H34N2O4Si. The number of hydrogen-bond donors (Lipinski definition) is 2. The van der Waals surface area contributed by atoms with Crippen LogP contribution in [0.2, 0.25) is 6.04 Å². The molecule has 6 nitrogen and oxygen atoms in total. The van der Waals surface area contributed by atoms with E-state index in [9.17, 15) is 4.79 Å². The number of nitrogens with two attached hydrogens (primary N) is 1. The number of rotatable bonds is 10. The van der Waals surface area contributed by atoms with Gasteiger partial charge in [0.2, 0.25) is 5.91 Å². The lowest BCUT2D eigenvalue weighted by Gasteiger charge is -2.41. The fourth-order valence-electron chi connectivity index (χ4n) is 2.69. The summed E-state index contributed by atoms with van der Waals surface area (Å²) in [4.78, 5) is 11.9. The van der Waals surface area contributed by atoms with Crippen molar-refractivity contribution in [1.29, 1.82) is 0 Å². The van der Waals surface area contributed by atoms with Crippen LogP contribution in [0, 0.1) is 5.92 Å². The lowest BCUT2D eigenvalue weighted by atomic mass is 9.78. The second-order valence-electron chi connectivity index (χ2n) is 7.20. The van der Waals surface area contributed by atoms with Gasteiger partial charge in [-0.3, -0.25) is 4.79 Å². The Balaban J connectivity index is 5.03. The minimum atomic E-state index is -2.70. The van der Waals surface area contributed by atoms with E-state index in [0.29, 0.717) is 18.0 Å². The summed E-state index contributed by atoms with van der Waals surface area (Å²) >= 11 is 0. The molecule has 23 heavy (non-hydrogen) atoms. The van der Waals surface area contributed by atoms with Crippen LogP contribution in [-0.2, 0) is 18.1 Å². The Hall–Kier alpha value is -0.733. The molecule has 0 aromatic rings. The van der Waals surface area contributed by atoms with Crippen molar-refractivity contribution in [2.75, 3.05) is 21.3 Å². The third-order valence-electron chi connectivity index (χ3n) is 4.28. The van der Waals surface area contributed by atoms with Crippen molar-refractivity contribution in [1.82, 2.24) is 5.32 Å². The number of amides is 1. The van der Waals surface area contributed by atoms with Gasteiger partial charge in [0.15, 0.2) is 0 Å². The molecular weight excluding hydrogens is 312 g/mol. The summed E-state index contributed by atoms with van der Waals surface area (Å²) in [7, 11) is 2.09. The van der Waals surface area contributed by atoms with Gasteiger partial charge in [-0.2, -0.15) is 0 Å². The van der Waals surface area contributed by atoms with Gasteiger partial charge < -0.3 is 24.3 Å². The molecule has 3 N–H and O–H groups in total. The minimum absolute atomic E-state index is 0.0787. The molecule has 0 fully saturated rings. The quantitative estimate of drug-likeness (QED) is 0.467. The summed E-state index contributed by atoms with van der Waals surface area (Å²) in [6, 6.07) is 0.605. The molecule has 0 aromatic carbocycles. The van der Waals surface area contributed by atoms with Crippen molar-refractivity contribution in [2.24, 2.45) is 11.7 Å². The smallest absolute Gasteiger partial charge is 0.377 e. The largest absolute Gasteiger partial charge is 0.500 e. The maximum absolute atomic E-state index is 11.9. The van der Waals surface area contributed by atoms with Crippen LogP contribution in [0.15, 0.2) is 12.2 Å². The first-order valence-electron chi connectivity index (χ1n) is 7.77. The molecule has 0 saturated heterocycles. The maximum atomic E-state index is 11.9. The molecule has 0 saturated carbocycles. The summed E-state index contributed by atoms with van der Waals surface area (Å²) in [5.74, 6) is -0.0807. The molecule has 0 spiro atoms. The molecule has 2 atom stereocenters. The molecule has 0 aliphatic carbocycles. The highest BCUT2D eigenvalue weighted by Crippen LogP contribution is 2.31. The topological polar surface area (TPSA) is 82.8 Å². The lowest BCUT2D eigenvalue weighted by molar-refractivity contribution is -0.119. The molecule has 136 valence electrons. The normalized spacial score (nSPS) is 16.6. The minimum Gasteiger partial charge on any atom is -0.377 e. The standard InChI is InChI=1S/C16H34N2O4Si/c1-12(2)14(19)18-15(4,5)11-16(6,17)13(3)10-23(20-7,21-8)22-9/h13H,1,10-11,17H2,2-9H3,(H,18,19). The SMILES string of the molecule is C=C(C)C(=O)NC(C)(C)CC(C)(N)C(C)C[Si](OC)(OC)OC. The van der Waals surface area contributed by atoms with E-state index >= 15 is 0 Å². The van der Waals surface area contributed by atoms with Crippen LogP contribution in [0.25, 0.3) is 0 Å². The van der Waals surface area contributed by atoms with Crippen LogP contribution in [-0.4, -0.2) is 47.1 Å². The first-order chi connectivity index (χ1) is 10.3. The monoisotopic (exact) mass is 346 g/mol. The Morgan fingerprint density at radius 1 is 1.22 bits per heavy atom. The first-order valence-corrected chi connectivity index (χ1v) is 9.70. The summed E-state index contributed by atoms with van der Waals surface area (Å²) in [6.45, 7) is 13.3. The molecule has 0 aliphatic rings. The van der Waals surface area contributed by atoms with Crippen molar-refractivity contribution >= 4 is 14.7 Å². The Bertz CT molecular complexity index is 412. The summed E-state index contributed by atoms with van der Waals surface area (Å²) < 4.78 is 16.5. The van der Waals surface area contributed by atoms with E-state index in [1.165, 1.54) is 0 Å². The molecule has 0 aliphatic heterocycles. The van der Waals surface area contributed by atoms with Crippen LogP contribution in [0.5, 0.6) is 0 Å². The van der Waals surface area contributed by atoms with Crippen LogP contribution in [0.3, 0.4) is 0 Å². The third-order valence-corrected chi connectivity index (χ3v) is 7.26. The van der Waals surface area contributed by atoms with Crippen LogP contribution in [0.1, 0.15) is 41.0 Å². The van der Waals surface area contributed by atoms with E-state index in [2.05, 4.69) is 18.8 Å². The number of carbonyl (C=O) groups excluding carboxylic acids is 1. The molecule has 1 amide bonds. The van der Waals surface area contributed by atoms with Crippen molar-refractivity contribution in [3.8, 4) is 0 Å². The average Bonchev–Trinajstić information content (AvgIpc) is 2.42. The number of hydrogen-bond acceptors (Lipinski definition) is 5. The summed E-state index contributed by atoms with van der Waals surface area (Å²) in [5, 5.41) is 2.97. The van der Waals surface area contributed by atoms with Crippen molar-refractivity contribution < 1.29 is 18.1 Å². The Morgan fingerprint density at radius 3 is 2.00 bits per heavy atom. The van der Waals surface area contributed by atoms with Gasteiger partial charge in [0.1, 0.15) is 0 Å². The lowest BCUT2D eigenvalue weighted by Crippen LogP contribution is -2.56. The second-order valence-corrected chi connectivity index (χ2v) is 10.2. The van der Waals surface area contributed by atoms with E-state index in [-0.39, 0.29) is 11.8 Å². The number of carbonyl (C=O) groups is 1. The van der Waals surface area contributed by atoms with Gasteiger partial charge in [-0.25, -0.2) is 0 Å². The highest BCUT2D eigenvalue weighted by Gasteiger charge is 2.44. The van der Waals surface area contributed by atoms with Crippen molar-refractivity contribution in [3.05, 3.63) is 12.2 Å². The Morgan fingerprint density at radius 2 is 1.65 bits per heavy atom. The molecule has 0 bridgehead atoms. The van der Waals surface area contributed by atoms with Crippen molar-refractivity contribution in [2.45, 2.75) is 58.2 Å². The highest BCUT2D eigenvalue weighted by atomic mass is 28.4. The van der Waals surface area contributed by atoms with E-state index in [1.807, 2.05) is 20.8 Å². The predicted octanol–water partition coefficient (Wildman–Crippen LogP) is 2.08. The van der Waals surface area contributed by atoms with Crippen LogP contribution >= 0.6 is 0 Å². The molecule has 2 unspecified atom stereocenters. The molecule has 0 rings (SSSR count). The summed E-state index contributed by atoms with van der Waals surface area (Å²) in [6.07, 6.45) is 0.599. The zero-order chi connectivity index (χ0) is 18.5. The van der Waals surface area contributed by atoms with Crippen LogP contribution < -0.4 is 11.1 Å². The van der Waals surface area contributed by atoms with E-state index < -0.39 is 19.9 Å². The third kappa shape index (κ3) is 6.72. The highest BCUT2D eigenvalue weighted by molar-refractivity contribution is 6.60.